The zero-order valence-electron chi connectivity index (χ0n) is 10.3. The largest absolute Gasteiger partial charge is 0.321 e. The molecule has 2 aromatic rings. The van der Waals surface area contributed by atoms with Crippen LogP contribution < -0.4 is 5.32 Å². The molecule has 0 aromatic heterocycles. The van der Waals surface area contributed by atoms with Crippen molar-refractivity contribution in [2.75, 3.05) is 5.32 Å². The second-order valence-electron chi connectivity index (χ2n) is 4.13. The van der Waals surface area contributed by atoms with E-state index >= 15 is 0 Å². The van der Waals surface area contributed by atoms with Crippen molar-refractivity contribution in [3.8, 4) is 6.07 Å². The van der Waals surface area contributed by atoms with Crippen LogP contribution >= 0.6 is 11.6 Å². The molecule has 0 saturated heterocycles. The lowest BCUT2D eigenvalue weighted by atomic mass is 10.1. The Morgan fingerprint density at radius 1 is 1.26 bits per heavy atom. The van der Waals surface area contributed by atoms with Crippen molar-refractivity contribution in [1.82, 2.24) is 0 Å². The van der Waals surface area contributed by atoms with E-state index in [1.165, 1.54) is 0 Å². The van der Waals surface area contributed by atoms with E-state index in [2.05, 4.69) is 5.32 Å². The minimum Gasteiger partial charge on any atom is -0.321 e. The van der Waals surface area contributed by atoms with Gasteiger partial charge in [-0.2, -0.15) is 5.26 Å². The Hall–Kier alpha value is -2.31. The summed E-state index contributed by atoms with van der Waals surface area (Å²) >= 11 is 5.92. The Labute approximate surface area is 116 Å². The maximum absolute atomic E-state index is 12.1. The van der Waals surface area contributed by atoms with Crippen LogP contribution in [0.3, 0.4) is 0 Å². The molecule has 0 bridgehead atoms. The second-order valence-corrected chi connectivity index (χ2v) is 4.57. The number of carbonyl (C=O) groups excluding carboxylic acids is 1. The summed E-state index contributed by atoms with van der Waals surface area (Å²) in [6.07, 6.45) is 0. The Kier molecular flexibility index (Phi) is 3.84. The monoisotopic (exact) mass is 270 g/mol. The minimum absolute atomic E-state index is 0.284. The molecule has 2 aromatic carbocycles. The van der Waals surface area contributed by atoms with E-state index in [9.17, 15) is 4.79 Å². The molecule has 0 aliphatic rings. The molecule has 1 N–H and O–H groups in total. The van der Waals surface area contributed by atoms with Gasteiger partial charge in [0.1, 0.15) is 6.07 Å². The van der Waals surface area contributed by atoms with Gasteiger partial charge in [0.15, 0.2) is 0 Å². The molecule has 1 amide bonds. The number of amides is 1. The summed E-state index contributed by atoms with van der Waals surface area (Å²) in [5, 5.41) is 12.2. The van der Waals surface area contributed by atoms with Crippen LogP contribution in [-0.4, -0.2) is 5.91 Å². The van der Waals surface area contributed by atoms with Gasteiger partial charge >= 0.3 is 0 Å². The molecular formula is C15H11ClN2O. The summed E-state index contributed by atoms with van der Waals surface area (Å²) in [5.41, 5.74) is 2.30. The first kappa shape index (κ1) is 13.1. The van der Waals surface area contributed by atoms with E-state index < -0.39 is 0 Å². The molecule has 19 heavy (non-hydrogen) atoms. The number of nitrogens with zero attached hydrogens (tertiary/aromatic N) is 1. The molecule has 0 spiro atoms. The van der Waals surface area contributed by atoms with E-state index in [1.807, 2.05) is 13.0 Å². The fraction of sp³-hybridized carbons (Fsp3) is 0.0667. The van der Waals surface area contributed by atoms with Crippen LogP contribution in [0.25, 0.3) is 0 Å². The summed E-state index contributed by atoms with van der Waals surface area (Å²) in [6, 6.07) is 14.0. The van der Waals surface area contributed by atoms with Crippen LogP contribution in [0.2, 0.25) is 5.02 Å². The maximum Gasteiger partial charge on any atom is 0.255 e. The lowest BCUT2D eigenvalue weighted by molar-refractivity contribution is 0.102. The molecule has 0 saturated carbocycles. The average Bonchev–Trinajstić information content (AvgIpc) is 2.38. The Bertz CT molecular complexity index is 654. The number of anilines is 1. The Balaban J connectivity index is 2.29. The maximum atomic E-state index is 12.1. The average molecular weight is 271 g/mol. The minimum atomic E-state index is -0.284. The third-order valence-electron chi connectivity index (χ3n) is 2.60. The van der Waals surface area contributed by atoms with Gasteiger partial charge in [0.25, 0.3) is 5.91 Å². The topological polar surface area (TPSA) is 52.9 Å². The number of benzene rings is 2. The number of para-hydroxylation sites is 1. The Morgan fingerprint density at radius 3 is 2.68 bits per heavy atom. The van der Waals surface area contributed by atoms with E-state index in [0.717, 1.165) is 5.56 Å². The van der Waals surface area contributed by atoms with Crippen LogP contribution in [0, 0.1) is 18.3 Å². The van der Waals surface area contributed by atoms with Gasteiger partial charge in [-0.15, -0.1) is 0 Å². The van der Waals surface area contributed by atoms with Gasteiger partial charge in [0.05, 0.1) is 11.3 Å². The molecule has 2 rings (SSSR count). The van der Waals surface area contributed by atoms with Crippen LogP contribution in [0.4, 0.5) is 5.69 Å². The highest BCUT2D eigenvalue weighted by Crippen LogP contribution is 2.18. The summed E-state index contributed by atoms with van der Waals surface area (Å²) in [7, 11) is 0. The van der Waals surface area contributed by atoms with Gasteiger partial charge in [-0.3, -0.25) is 4.79 Å². The first-order valence-corrected chi connectivity index (χ1v) is 6.05. The zero-order valence-corrected chi connectivity index (χ0v) is 11.0. The predicted octanol–water partition coefficient (Wildman–Crippen LogP) is 3.77. The van der Waals surface area contributed by atoms with Crippen LogP contribution in [0.5, 0.6) is 0 Å². The fourth-order valence-electron chi connectivity index (χ4n) is 1.75. The van der Waals surface area contributed by atoms with E-state index in [-0.39, 0.29) is 5.91 Å². The normalized spacial score (nSPS) is 9.74. The van der Waals surface area contributed by atoms with Gasteiger partial charge in [-0.25, -0.2) is 0 Å². The third kappa shape index (κ3) is 3.12. The number of hydrogen-bond acceptors (Lipinski definition) is 2. The summed E-state index contributed by atoms with van der Waals surface area (Å²) in [6.45, 7) is 1.87. The number of halogens is 1. The quantitative estimate of drug-likeness (QED) is 0.903. The Morgan fingerprint density at radius 2 is 2.00 bits per heavy atom. The highest BCUT2D eigenvalue weighted by molar-refractivity contribution is 6.31. The molecule has 0 heterocycles. The van der Waals surface area contributed by atoms with Gasteiger partial charge in [-0.1, -0.05) is 23.7 Å². The lowest BCUT2D eigenvalue weighted by Crippen LogP contribution is -2.13. The van der Waals surface area contributed by atoms with Crippen molar-refractivity contribution in [2.45, 2.75) is 6.92 Å². The molecular weight excluding hydrogens is 260 g/mol. The highest BCUT2D eigenvalue weighted by Gasteiger charge is 2.09. The van der Waals surface area contributed by atoms with Crippen molar-refractivity contribution in [3.63, 3.8) is 0 Å². The summed E-state index contributed by atoms with van der Waals surface area (Å²) in [5.74, 6) is -0.284. The van der Waals surface area contributed by atoms with E-state index in [0.29, 0.717) is 21.8 Å². The van der Waals surface area contributed by atoms with Gasteiger partial charge in [0, 0.05) is 10.6 Å². The number of rotatable bonds is 2. The van der Waals surface area contributed by atoms with Crippen LogP contribution in [-0.2, 0) is 0 Å². The van der Waals surface area contributed by atoms with Crippen molar-refractivity contribution >= 4 is 23.2 Å². The first-order valence-electron chi connectivity index (χ1n) is 5.68. The fourth-order valence-corrected chi connectivity index (χ4v) is 2.04. The second kappa shape index (κ2) is 5.55. The molecule has 0 atom stereocenters. The molecule has 4 heteroatoms. The molecule has 3 nitrogen and oxygen atoms in total. The number of hydrogen-bond donors (Lipinski definition) is 1. The zero-order chi connectivity index (χ0) is 13.8. The number of nitriles is 1. The molecule has 0 radical (unpaired) electrons. The summed E-state index contributed by atoms with van der Waals surface area (Å²) < 4.78 is 0. The van der Waals surface area contributed by atoms with Gasteiger partial charge < -0.3 is 5.32 Å². The van der Waals surface area contributed by atoms with Crippen LogP contribution in [0.15, 0.2) is 42.5 Å². The number of nitrogens with one attached hydrogen (secondary N) is 1. The third-order valence-corrected chi connectivity index (χ3v) is 2.82. The predicted molar refractivity (Wildman–Crippen MR) is 75.3 cm³/mol. The number of aryl methyl sites for hydroxylation is 1. The van der Waals surface area contributed by atoms with E-state index in [1.54, 1.807) is 42.5 Å². The SMILES string of the molecule is Cc1cc(Cl)cc(C(=O)Nc2ccccc2C#N)c1. The van der Waals surface area contributed by atoms with E-state index in [4.69, 9.17) is 16.9 Å². The standard InChI is InChI=1S/C15H11ClN2O/c1-10-6-12(8-13(16)7-10)15(19)18-14-5-3-2-4-11(14)9-17/h2-8H,1H3,(H,18,19). The molecule has 0 aliphatic carbocycles. The molecule has 0 unspecified atom stereocenters. The van der Waals surface area contributed by atoms with Crippen molar-refractivity contribution in [1.29, 1.82) is 5.26 Å². The lowest BCUT2D eigenvalue weighted by Gasteiger charge is -2.07. The summed E-state index contributed by atoms with van der Waals surface area (Å²) in [4.78, 5) is 12.1. The molecule has 0 aliphatic heterocycles. The molecule has 94 valence electrons. The van der Waals surface area contributed by atoms with Crippen molar-refractivity contribution in [2.24, 2.45) is 0 Å². The number of carbonyl (C=O) groups is 1. The first-order chi connectivity index (χ1) is 9.10. The smallest absolute Gasteiger partial charge is 0.255 e. The molecule has 0 fully saturated rings. The highest BCUT2D eigenvalue weighted by atomic mass is 35.5. The van der Waals surface area contributed by atoms with Gasteiger partial charge in [-0.05, 0) is 42.8 Å². The van der Waals surface area contributed by atoms with Crippen molar-refractivity contribution < 1.29 is 4.79 Å². The van der Waals surface area contributed by atoms with Crippen molar-refractivity contribution in [3.05, 3.63) is 64.2 Å². The van der Waals surface area contributed by atoms with Gasteiger partial charge in [0.2, 0.25) is 0 Å². The van der Waals surface area contributed by atoms with Crippen LogP contribution in [0.1, 0.15) is 21.5 Å².